The molecule has 10 heterocycles. The van der Waals surface area contributed by atoms with Gasteiger partial charge >= 0.3 is 23.9 Å². The molecular formula is C93H112Cl5F8N23O11. The Hall–Kier alpha value is -12.3. The number of ether oxygens (including phenoxy) is 4. The van der Waals surface area contributed by atoms with Crippen molar-refractivity contribution in [3.8, 4) is 41.5 Å². The Kier molecular flexibility index (Phi) is 47.2. The molecule has 47 heteroatoms. The average Bonchev–Trinajstić information content (AvgIpc) is 1.49. The number of esters is 4. The maximum absolute atomic E-state index is 13.5. The number of anilines is 3. The molecule has 10 aromatic rings. The summed E-state index contributed by atoms with van der Waals surface area (Å²) in [6.07, 6.45) is 11.3. The molecule has 0 unspecified atom stereocenters. The van der Waals surface area contributed by atoms with Gasteiger partial charge in [0.2, 0.25) is 28.9 Å². The number of pyridine rings is 5. The van der Waals surface area contributed by atoms with E-state index in [1.165, 1.54) is 58.0 Å². The number of aliphatic hydroxyl groups excluding tert-OH is 1. The molecule has 0 spiro atoms. The minimum atomic E-state index is -2.61. The first-order chi connectivity index (χ1) is 65.8. The van der Waals surface area contributed by atoms with Gasteiger partial charge in [0.05, 0.1) is 72.9 Å². The van der Waals surface area contributed by atoms with Crippen molar-refractivity contribution in [2.45, 2.75) is 246 Å². The lowest BCUT2D eigenvalue weighted by atomic mass is 9.92. The fourth-order valence-corrected chi connectivity index (χ4v) is 13.8. The molecule has 0 aliphatic heterocycles. The Morgan fingerprint density at radius 1 is 0.486 bits per heavy atom. The summed E-state index contributed by atoms with van der Waals surface area (Å²) in [7, 11) is 0. The third-order valence-electron chi connectivity index (χ3n) is 20.8. The highest BCUT2D eigenvalue weighted by Gasteiger charge is 2.38. The number of nitrogens with one attached hydrogen (secondary N) is 4. The molecule has 0 atom stereocenters. The number of aromatic nitrogens is 15. The largest absolute Gasteiger partial charge is 0.461 e. The Bertz CT molecular complexity index is 5750. The molecule has 4 aliphatic rings. The quantitative estimate of drug-likeness (QED) is 0.00870. The highest BCUT2D eigenvalue weighted by molar-refractivity contribution is 6.63. The lowest BCUT2D eigenvalue weighted by Crippen LogP contribution is -2.32. The maximum Gasteiger partial charge on any atom is 0.358 e. The second-order valence-electron chi connectivity index (χ2n) is 33.1. The van der Waals surface area contributed by atoms with Crippen molar-refractivity contribution < 1.29 is 87.9 Å². The summed E-state index contributed by atoms with van der Waals surface area (Å²) >= 11 is 21.7. The second kappa shape index (κ2) is 56.8. The molecule has 4 saturated carbocycles. The number of Topliss-reactive ketones (excluding diaryl/α,β-unsaturated/α-hetero) is 1. The zero-order valence-corrected chi connectivity index (χ0v) is 82.1. The number of aryl methyl sites for hydroxylation is 1. The van der Waals surface area contributed by atoms with E-state index in [2.05, 4.69) is 76.2 Å². The highest BCUT2D eigenvalue weighted by Crippen LogP contribution is 2.38. The average molecular weight is 2060 g/mol. The Labute approximate surface area is 830 Å². The number of aliphatic hydroxyl groups is 1. The first kappa shape index (κ1) is 116. The van der Waals surface area contributed by atoms with E-state index in [9.17, 15) is 69.2 Å². The number of H-pyrrole nitrogens is 1. The van der Waals surface area contributed by atoms with E-state index in [1.54, 1.807) is 107 Å². The van der Waals surface area contributed by atoms with E-state index in [-0.39, 0.29) is 182 Å². The van der Waals surface area contributed by atoms with Crippen LogP contribution in [0.2, 0.25) is 15.5 Å². The first-order valence-corrected chi connectivity index (χ1v) is 46.1. The number of nitrogens with two attached hydrogens (primary N) is 2. The SMILES string of the molecule is CC(C)C(=O)CCc1cc(NC2CCC(F)(F)CC2)nc(-n2ccc(COC(=O)C(C)C)n2)c1.CC(C)C(=O)Cl.CCOC(=O)c1ccn(-c2cc(C#N)cc(Cl)n2)n1.CCOC(=O)c1ccn(-c2cc(C#N)cc(NC3CCC(F)(F)CC3)n2)n1.CCOC(=O)c1ccn[nH]1.Cl.N#Cc1cc(Cl)nc(Cl)c1.NC1CCC(F)(F)CC1.NCc1cc(NC2CCC(F)(F)CC2)nc(-n2ccc(CO)n2)c1. The van der Waals surface area contributed by atoms with E-state index in [4.69, 9.17) is 87.7 Å². The van der Waals surface area contributed by atoms with Gasteiger partial charge in [0.1, 0.15) is 56.7 Å². The van der Waals surface area contributed by atoms with Crippen LogP contribution in [0.4, 0.5) is 52.6 Å². The summed E-state index contributed by atoms with van der Waals surface area (Å²) in [6.45, 7) is 17.1. The van der Waals surface area contributed by atoms with Crippen LogP contribution in [0.3, 0.4) is 0 Å². The predicted octanol–water partition coefficient (Wildman–Crippen LogP) is 18.8. The van der Waals surface area contributed by atoms with Crippen molar-refractivity contribution in [2.75, 3.05) is 35.8 Å². The number of hydrogen-bond donors (Lipinski definition) is 7. The van der Waals surface area contributed by atoms with Crippen LogP contribution in [0.1, 0.15) is 242 Å². The van der Waals surface area contributed by atoms with Gasteiger partial charge in [-0.15, -0.1) is 12.4 Å². The zero-order valence-electron chi connectivity index (χ0n) is 78.3. The summed E-state index contributed by atoms with van der Waals surface area (Å²) < 4.78 is 130. The Balaban J connectivity index is 0.000000258. The summed E-state index contributed by atoms with van der Waals surface area (Å²) in [6, 6.07) is 30.1. The predicted molar refractivity (Wildman–Crippen MR) is 509 cm³/mol. The maximum atomic E-state index is 13.5. The monoisotopic (exact) mass is 2050 g/mol. The minimum absolute atomic E-state index is 0. The van der Waals surface area contributed by atoms with E-state index in [0.29, 0.717) is 152 Å². The number of nitrogens with zero attached hydrogens (tertiary/aromatic N) is 17. The van der Waals surface area contributed by atoms with Crippen LogP contribution in [0.5, 0.6) is 0 Å². The van der Waals surface area contributed by atoms with Gasteiger partial charge in [-0.05, 0) is 180 Å². The number of rotatable bonds is 26. The van der Waals surface area contributed by atoms with Crippen molar-refractivity contribution in [3.63, 3.8) is 0 Å². The molecule has 4 fully saturated rings. The lowest BCUT2D eigenvalue weighted by Gasteiger charge is -2.29. The van der Waals surface area contributed by atoms with Crippen LogP contribution in [-0.4, -0.2) is 182 Å². The number of aromatic amines is 1. The molecule has 34 nitrogen and oxygen atoms in total. The molecule has 0 bridgehead atoms. The topological polar surface area (TPSA) is 483 Å². The van der Waals surface area contributed by atoms with Gasteiger partial charge in [0, 0.05) is 143 Å². The molecule has 756 valence electrons. The molecule has 0 radical (unpaired) electrons. The molecule has 10 aromatic heterocycles. The Morgan fingerprint density at radius 2 is 0.850 bits per heavy atom. The number of nitriles is 3. The molecule has 14 rings (SSSR count). The van der Waals surface area contributed by atoms with Gasteiger partial charge in [0.25, 0.3) is 0 Å². The summed E-state index contributed by atoms with van der Waals surface area (Å²) in [5, 5.41) is 68.6. The van der Waals surface area contributed by atoms with Crippen molar-refractivity contribution in [1.82, 2.24) is 74.2 Å². The fraction of sp³-hybridized carbons (Fsp3) is 0.473. The lowest BCUT2D eigenvalue weighted by molar-refractivity contribution is -0.148. The first-order valence-electron chi connectivity index (χ1n) is 44.6. The zero-order chi connectivity index (χ0) is 102. The number of carbonyl (C=O) groups is 6. The molecular weight excluding hydrogens is 1940 g/mol. The van der Waals surface area contributed by atoms with Crippen LogP contribution in [-0.2, 0) is 59.5 Å². The van der Waals surface area contributed by atoms with Crippen LogP contribution >= 0.6 is 58.8 Å². The van der Waals surface area contributed by atoms with Crippen molar-refractivity contribution in [1.29, 1.82) is 15.8 Å². The molecule has 9 N–H and O–H groups in total. The van der Waals surface area contributed by atoms with Gasteiger partial charge < -0.3 is 51.5 Å². The third-order valence-corrected chi connectivity index (χ3v) is 21.8. The number of alkyl halides is 8. The standard InChI is InChI=1S/C25H34F2N4O3.C18H19F2N5O2.C16H21F2N5O.C12H9ClN4O2.C6H2Cl2N2.C6H11F2N.C6H8N2O2.C4H7ClO.ClH/c1-16(2)21(32)6-5-18-13-22(28-19-7-10-25(26,27)11-8-19)29-23(14-18)31-12-9-20(30-31)15-34-24(33)17(3)4;1-2-27-17(26)14-5-8-25(24-14)16-10-12(11-21)9-15(23-16)22-13-3-6-18(19,20)7-4-13;17-16(18)4-1-12(2-5-16)20-14-7-11(9-19)8-15(21-14)23-6-3-13(10-24)22-23;1-2-19-12(18)9-3-4-17(16-9)11-6-8(7-14)5-10(13)15-11;7-5-1-4(3-9)2-6(8)10-5;7-6(8)3-1-5(9)2-4-6;1-2-10-6(9)5-3-4-7-8-5;1-3(2)4(5)6;/h9,12-14,16-17,19H,5-8,10-11,15H2,1-4H3,(H,28,29);5,8-10,13H,2-4,6-7H2,1H3,(H,22,23);3,6-8,12,24H,1-2,4-5,9-10,19H2,(H,20,21);3-6H,2H2,1H3;1-2H;5H,1-4,9H2;3-4H,2H2,1H3,(H,7,8);3H,1-2H3;1H. The molecule has 0 amide bonds. The van der Waals surface area contributed by atoms with Crippen LogP contribution in [0.25, 0.3) is 23.3 Å². The number of carbonyl (C=O) groups excluding carboxylic acids is 6. The molecule has 0 saturated heterocycles. The van der Waals surface area contributed by atoms with E-state index in [1.807, 2.05) is 56.3 Å². The Morgan fingerprint density at radius 3 is 1.24 bits per heavy atom. The van der Waals surface area contributed by atoms with E-state index >= 15 is 0 Å². The van der Waals surface area contributed by atoms with Crippen LogP contribution < -0.4 is 27.4 Å². The van der Waals surface area contributed by atoms with Crippen LogP contribution in [0.15, 0.2) is 122 Å². The summed E-state index contributed by atoms with van der Waals surface area (Å²) in [4.78, 5) is 89.1. The summed E-state index contributed by atoms with van der Waals surface area (Å²) in [5.74, 6) is -8.60. The molecule has 140 heavy (non-hydrogen) atoms. The smallest absolute Gasteiger partial charge is 0.358 e. The van der Waals surface area contributed by atoms with E-state index < -0.39 is 35.6 Å². The van der Waals surface area contributed by atoms with Gasteiger partial charge in [-0.1, -0.05) is 76.3 Å². The van der Waals surface area contributed by atoms with Crippen molar-refractivity contribution >= 4 is 111 Å². The third kappa shape index (κ3) is 40.5. The normalized spacial score (nSPS) is 15.0. The summed E-state index contributed by atoms with van der Waals surface area (Å²) in [5.41, 5.74) is 15.9. The van der Waals surface area contributed by atoms with Gasteiger partial charge in [-0.3, -0.25) is 19.5 Å². The van der Waals surface area contributed by atoms with Gasteiger partial charge in [-0.2, -0.15) is 41.3 Å². The highest BCUT2D eigenvalue weighted by atomic mass is 35.5. The number of hydrogen-bond acceptors (Lipinski definition) is 29. The van der Waals surface area contributed by atoms with Gasteiger partial charge in [0.15, 0.2) is 34.7 Å². The minimum Gasteiger partial charge on any atom is -0.461 e. The fourth-order valence-electron chi connectivity index (χ4n) is 13.1. The van der Waals surface area contributed by atoms with Crippen molar-refractivity contribution in [2.24, 2.45) is 29.2 Å². The van der Waals surface area contributed by atoms with Crippen molar-refractivity contribution in [3.05, 3.63) is 194 Å². The van der Waals surface area contributed by atoms with Crippen LogP contribution in [0, 0.1) is 51.7 Å². The molecule has 4 aliphatic carbocycles. The number of halogens is 13. The second-order valence-corrected chi connectivity index (χ2v) is 34.6. The molecule has 0 aromatic carbocycles. The number of ketones is 1. The van der Waals surface area contributed by atoms with Gasteiger partial charge in [-0.25, -0.2) is 93.2 Å². The van der Waals surface area contributed by atoms with E-state index in [0.717, 1.165) is 11.1 Å².